The Balaban J connectivity index is 0.850. The van der Waals surface area contributed by atoms with Crippen LogP contribution in [0.15, 0.2) is 23.3 Å². The number of Topliss-reactive ketones (excluding diaryl/α,β-unsaturated/α-hetero) is 1. The summed E-state index contributed by atoms with van der Waals surface area (Å²) in [4.78, 5) is 26.5. The van der Waals surface area contributed by atoms with Gasteiger partial charge in [-0.2, -0.15) is 0 Å². The van der Waals surface area contributed by atoms with E-state index in [0.717, 1.165) is 19.3 Å². The number of carbonyl (C=O) groups is 2. The fourth-order valence-corrected chi connectivity index (χ4v) is 14.2. The standard InChI is InChI=1S/C53H84O17/c1-13-26(2)50(57)67-41-21-36-35(53(58)19-17-34(27(3)54)52(41,53)9)15-14-32-20-33(16-18-51(32,36)8)66-43-24-39(60-11)49(30(6)64-43)70-45-25-40(61-12)48(31(7)65-45)69-42-22-37(55)47(29(5)63-42)68-44-23-38(59-10)46(56)28(4)62-44/h13-14,28-31,33-49,55-56,58H,15-25H2,1-12H3/b26-13+/t28?,29?,30?,31?,33?,34?,35?,36?,37?,38?,39?,40?,41?,42-,43-,44-,45-,46+,47+,48+,49+,51?,52?,53?/m0/s1. The van der Waals surface area contributed by atoms with Gasteiger partial charge in [0, 0.05) is 63.9 Å². The summed E-state index contributed by atoms with van der Waals surface area (Å²) >= 11 is 0. The predicted octanol–water partition coefficient (Wildman–Crippen LogP) is 5.60. The molecule has 24 atom stereocenters. The van der Waals surface area contributed by atoms with Gasteiger partial charge in [-0.3, -0.25) is 4.79 Å². The zero-order valence-electron chi connectivity index (χ0n) is 43.6. The Bertz CT molecular complexity index is 1880. The van der Waals surface area contributed by atoms with E-state index in [4.69, 9.17) is 56.8 Å². The lowest BCUT2D eigenvalue weighted by Crippen LogP contribution is -2.66. The molecule has 4 saturated heterocycles. The number of ketones is 1. The Morgan fingerprint density at radius 1 is 0.686 bits per heavy atom. The molecule has 4 heterocycles. The van der Waals surface area contributed by atoms with Gasteiger partial charge in [0.25, 0.3) is 0 Å². The fraction of sp³-hybridized carbons (Fsp3) is 0.887. The second-order valence-corrected chi connectivity index (χ2v) is 22.3. The number of carbonyl (C=O) groups excluding carboxylic acids is 2. The first-order valence-corrected chi connectivity index (χ1v) is 26.1. The molecule has 4 aliphatic heterocycles. The van der Waals surface area contributed by atoms with E-state index in [9.17, 15) is 24.9 Å². The van der Waals surface area contributed by atoms with E-state index in [2.05, 4.69) is 13.0 Å². The van der Waals surface area contributed by atoms with E-state index in [1.54, 1.807) is 48.2 Å². The maximum atomic E-state index is 13.3. The molecule has 4 aliphatic carbocycles. The molecule has 0 bridgehead atoms. The Kier molecular flexibility index (Phi) is 16.9. The Morgan fingerprint density at radius 3 is 1.77 bits per heavy atom. The van der Waals surface area contributed by atoms with Crippen LogP contribution < -0.4 is 0 Å². The lowest BCUT2D eigenvalue weighted by Gasteiger charge is -2.63. The largest absolute Gasteiger partial charge is 0.458 e. The molecule has 398 valence electrons. The molecule has 0 radical (unpaired) electrons. The monoisotopic (exact) mass is 993 g/mol. The highest BCUT2D eigenvalue weighted by Gasteiger charge is 2.71. The Morgan fingerprint density at radius 2 is 1.21 bits per heavy atom. The van der Waals surface area contributed by atoms with Crippen LogP contribution in [0.1, 0.15) is 133 Å². The van der Waals surface area contributed by atoms with Gasteiger partial charge in [0.2, 0.25) is 0 Å². The molecule has 3 N–H and O–H groups in total. The topological polar surface area (TPSA) is 206 Å². The third-order valence-corrected chi connectivity index (χ3v) is 18.5. The quantitative estimate of drug-likeness (QED) is 0.110. The summed E-state index contributed by atoms with van der Waals surface area (Å²) in [6, 6.07) is 0. The van der Waals surface area contributed by atoms with Crippen LogP contribution in [0.5, 0.6) is 0 Å². The summed E-state index contributed by atoms with van der Waals surface area (Å²) in [5.41, 5.74) is -0.451. The molecule has 17 nitrogen and oxygen atoms in total. The number of esters is 1. The van der Waals surface area contributed by atoms with Gasteiger partial charge in [0.1, 0.15) is 36.3 Å². The van der Waals surface area contributed by atoms with Crippen LogP contribution >= 0.6 is 0 Å². The smallest absolute Gasteiger partial charge is 0.333 e. The maximum Gasteiger partial charge on any atom is 0.333 e. The number of fused-ring (bicyclic) bond motifs is 5. The number of methoxy groups -OCH3 is 3. The maximum absolute atomic E-state index is 13.3. The van der Waals surface area contributed by atoms with Gasteiger partial charge in [-0.25, -0.2) is 4.79 Å². The number of rotatable bonds is 14. The van der Waals surface area contributed by atoms with Gasteiger partial charge in [0.05, 0.1) is 60.5 Å². The van der Waals surface area contributed by atoms with Crippen molar-refractivity contribution in [2.45, 2.75) is 249 Å². The first kappa shape index (κ1) is 54.3. The van der Waals surface area contributed by atoms with Crippen LogP contribution in [0, 0.1) is 28.6 Å². The minimum atomic E-state index is -1.15. The zero-order valence-corrected chi connectivity index (χ0v) is 43.6. The molecule has 8 rings (SSSR count). The van der Waals surface area contributed by atoms with Crippen LogP contribution in [0.25, 0.3) is 0 Å². The zero-order chi connectivity index (χ0) is 50.6. The van der Waals surface area contributed by atoms with E-state index in [-0.39, 0.29) is 47.6 Å². The van der Waals surface area contributed by atoms with Crippen LogP contribution in [0.4, 0.5) is 0 Å². The molecule has 17 heteroatoms. The predicted molar refractivity (Wildman–Crippen MR) is 252 cm³/mol. The summed E-state index contributed by atoms with van der Waals surface area (Å²) in [5.74, 6) is -0.738. The number of aliphatic hydroxyl groups is 3. The normalized spacial score (nSPS) is 49.8. The third-order valence-electron chi connectivity index (χ3n) is 18.5. The number of hydrogen-bond acceptors (Lipinski definition) is 17. The second-order valence-electron chi connectivity index (χ2n) is 22.3. The summed E-state index contributed by atoms with van der Waals surface area (Å²) < 4.78 is 75.0. The molecule has 7 fully saturated rings. The van der Waals surface area contributed by atoms with E-state index in [1.165, 1.54) is 5.57 Å². The van der Waals surface area contributed by atoms with E-state index < -0.39 is 115 Å². The lowest BCUT2D eigenvalue weighted by atomic mass is 9.45. The summed E-state index contributed by atoms with van der Waals surface area (Å²) in [5, 5.41) is 34.5. The van der Waals surface area contributed by atoms with Gasteiger partial charge in [-0.15, -0.1) is 0 Å². The summed E-state index contributed by atoms with van der Waals surface area (Å²) in [6.45, 7) is 16.9. The summed E-state index contributed by atoms with van der Waals surface area (Å²) in [7, 11) is 4.85. The summed E-state index contributed by atoms with van der Waals surface area (Å²) in [6.07, 6.45) is 0.405. The Labute approximate surface area is 414 Å². The molecule has 8 aliphatic rings. The molecule has 0 aromatic carbocycles. The highest BCUT2D eigenvalue weighted by molar-refractivity contribution is 5.88. The van der Waals surface area contributed by atoms with Crippen molar-refractivity contribution < 1.29 is 81.8 Å². The number of hydrogen-bond donors (Lipinski definition) is 3. The molecule has 0 amide bonds. The van der Waals surface area contributed by atoms with Crippen molar-refractivity contribution in [2.75, 3.05) is 21.3 Å². The molecule has 70 heavy (non-hydrogen) atoms. The van der Waals surface area contributed by atoms with Crippen molar-refractivity contribution in [1.29, 1.82) is 0 Å². The average molecular weight is 993 g/mol. The van der Waals surface area contributed by atoms with Gasteiger partial charge in [-0.1, -0.05) is 31.6 Å². The Hall–Kier alpha value is -1.94. The first-order valence-electron chi connectivity index (χ1n) is 26.1. The van der Waals surface area contributed by atoms with Crippen molar-refractivity contribution in [3.05, 3.63) is 23.3 Å². The molecular weight excluding hydrogens is 909 g/mol. The van der Waals surface area contributed by atoms with E-state index in [0.29, 0.717) is 50.5 Å². The third kappa shape index (κ3) is 10.1. The van der Waals surface area contributed by atoms with Crippen LogP contribution in [-0.4, -0.2) is 165 Å². The number of allylic oxidation sites excluding steroid dienone is 2. The van der Waals surface area contributed by atoms with Gasteiger partial charge in [-0.05, 0) is 111 Å². The van der Waals surface area contributed by atoms with Gasteiger partial charge < -0.3 is 72.2 Å². The highest BCUT2D eigenvalue weighted by atomic mass is 16.8. The highest BCUT2D eigenvalue weighted by Crippen LogP contribution is 2.68. The molecule has 3 saturated carbocycles. The van der Waals surface area contributed by atoms with Crippen LogP contribution in [-0.2, 0) is 66.4 Å². The average Bonchev–Trinajstić information content (AvgIpc) is 3.61. The van der Waals surface area contributed by atoms with Crippen molar-refractivity contribution >= 4 is 11.8 Å². The molecule has 0 aromatic heterocycles. The molecule has 16 unspecified atom stereocenters. The van der Waals surface area contributed by atoms with Gasteiger partial charge in [0.15, 0.2) is 25.2 Å². The van der Waals surface area contributed by atoms with E-state index in [1.807, 2.05) is 34.6 Å². The van der Waals surface area contributed by atoms with Crippen LogP contribution in [0.3, 0.4) is 0 Å². The minimum absolute atomic E-state index is 0.0387. The van der Waals surface area contributed by atoms with Crippen molar-refractivity contribution in [1.82, 2.24) is 0 Å². The minimum Gasteiger partial charge on any atom is -0.458 e. The van der Waals surface area contributed by atoms with Gasteiger partial charge >= 0.3 is 5.97 Å². The lowest BCUT2D eigenvalue weighted by molar-refractivity contribution is -0.346. The SMILES string of the molecule is C/C=C(\C)C(=O)OC1CC2C(CC=C3CC(O[C@H]4CC(OC)[C@H](O[C@H]5CC(OC)[C@H](O[C@H]6CC(O)[C@H](O[C@H]7CC(OC)[C@H](O)C(C)O7)C(C)O6)C(C)O5)C(C)O4)CCC32C)C2(O)CCC(C(C)=O)C12C. The van der Waals surface area contributed by atoms with E-state index >= 15 is 0 Å². The number of aliphatic hydroxyl groups excluding tert-OH is 2. The molecule has 0 aromatic rings. The van der Waals surface area contributed by atoms with Crippen LogP contribution in [0.2, 0.25) is 0 Å². The second kappa shape index (κ2) is 21.7. The van der Waals surface area contributed by atoms with Crippen molar-refractivity contribution in [3.63, 3.8) is 0 Å². The fourth-order valence-electron chi connectivity index (χ4n) is 14.2. The number of ether oxygens (including phenoxy) is 12. The first-order chi connectivity index (χ1) is 33.2. The molecular formula is C53H84O17. The molecule has 0 spiro atoms. The van der Waals surface area contributed by atoms with Crippen molar-refractivity contribution in [3.8, 4) is 0 Å². The van der Waals surface area contributed by atoms with Crippen molar-refractivity contribution in [2.24, 2.45) is 28.6 Å².